The van der Waals surface area contributed by atoms with Crippen LogP contribution in [-0.2, 0) is 26.3 Å². The molecule has 0 heterocycles. The third-order valence-electron chi connectivity index (χ3n) is 11.0. The van der Waals surface area contributed by atoms with E-state index in [0.29, 0.717) is 29.4 Å². The van der Waals surface area contributed by atoms with Crippen molar-refractivity contribution in [1.29, 1.82) is 0 Å². The van der Waals surface area contributed by atoms with Gasteiger partial charge in [-0.2, -0.15) is 0 Å². The molecule has 2 aromatic carbocycles. The molecule has 5 heteroatoms. The van der Waals surface area contributed by atoms with Crippen LogP contribution in [-0.4, -0.2) is 11.3 Å². The summed E-state index contributed by atoms with van der Waals surface area (Å²) in [5, 5.41) is 10.8. The molecule has 4 aliphatic rings. The van der Waals surface area contributed by atoms with Gasteiger partial charge in [-0.05, 0) is 114 Å². The number of aromatic hydroxyl groups is 1. The summed E-state index contributed by atoms with van der Waals surface area (Å²) in [6.45, 7) is 8.94. The molecule has 2 fully saturated rings. The number of allylic oxidation sites excluding steroid dienone is 8. The molecule has 6 unspecified atom stereocenters. The van der Waals surface area contributed by atoms with Crippen molar-refractivity contribution in [1.82, 2.24) is 0 Å². The molecule has 6 rings (SSSR count). The fourth-order valence-electron chi connectivity index (χ4n) is 8.64. The SMILES string of the molecule is CC(C)(C)c1cccc(C=Nc2ccc(C#CCCC(C)(C3CCC4C=CC=CC43)C3CCC4C=CC=CC43)cc2)c1O.[Cl][Zr][Cl]. The summed E-state index contributed by atoms with van der Waals surface area (Å²) in [4.78, 5) is 4.63. The number of phenols is 1. The number of rotatable bonds is 6. The van der Waals surface area contributed by atoms with Crippen LogP contribution in [0.5, 0.6) is 5.75 Å². The summed E-state index contributed by atoms with van der Waals surface area (Å²) in [5.74, 6) is 11.6. The van der Waals surface area contributed by atoms with Crippen molar-refractivity contribution in [2.75, 3.05) is 0 Å². The average Bonchev–Trinajstić information content (AvgIpc) is 3.69. The summed E-state index contributed by atoms with van der Waals surface area (Å²) < 4.78 is 0. The molecule has 0 bridgehead atoms. The Bertz CT molecular complexity index is 1510. The van der Waals surface area contributed by atoms with Gasteiger partial charge in [0.15, 0.2) is 0 Å². The number of para-hydroxylation sites is 1. The van der Waals surface area contributed by atoms with Gasteiger partial charge in [0.05, 0.1) is 5.69 Å². The second-order valence-electron chi connectivity index (χ2n) is 14.6. The van der Waals surface area contributed by atoms with Gasteiger partial charge in [0.1, 0.15) is 5.75 Å². The topological polar surface area (TPSA) is 32.6 Å². The van der Waals surface area contributed by atoms with Crippen molar-refractivity contribution in [2.24, 2.45) is 45.9 Å². The predicted molar refractivity (Wildman–Crippen MR) is 192 cm³/mol. The van der Waals surface area contributed by atoms with Crippen LogP contribution in [0.25, 0.3) is 0 Å². The van der Waals surface area contributed by atoms with E-state index < -0.39 is 20.8 Å². The third-order valence-corrected chi connectivity index (χ3v) is 11.0. The molecule has 0 saturated heterocycles. The van der Waals surface area contributed by atoms with Gasteiger partial charge >= 0.3 is 37.9 Å². The van der Waals surface area contributed by atoms with E-state index in [4.69, 9.17) is 17.0 Å². The van der Waals surface area contributed by atoms with Gasteiger partial charge in [-0.3, -0.25) is 4.99 Å². The Balaban J connectivity index is 0.00000134. The Morgan fingerprint density at radius 2 is 1.39 bits per heavy atom. The molecule has 0 radical (unpaired) electrons. The van der Waals surface area contributed by atoms with Gasteiger partial charge in [0.25, 0.3) is 0 Å². The van der Waals surface area contributed by atoms with Crippen LogP contribution in [0.15, 0.2) is 96.1 Å². The molecule has 0 spiro atoms. The zero-order valence-electron chi connectivity index (χ0n) is 27.6. The maximum atomic E-state index is 10.8. The van der Waals surface area contributed by atoms with Crippen LogP contribution < -0.4 is 0 Å². The van der Waals surface area contributed by atoms with Crippen molar-refractivity contribution >= 4 is 28.9 Å². The molecule has 2 aromatic rings. The van der Waals surface area contributed by atoms with E-state index in [9.17, 15) is 5.11 Å². The first-order valence-corrected chi connectivity index (χ1v) is 23.1. The van der Waals surface area contributed by atoms with Crippen LogP contribution >= 0.6 is 17.0 Å². The first-order valence-electron chi connectivity index (χ1n) is 16.8. The van der Waals surface area contributed by atoms with Crippen LogP contribution in [0.4, 0.5) is 5.69 Å². The van der Waals surface area contributed by atoms with E-state index in [2.05, 4.69) is 105 Å². The van der Waals surface area contributed by atoms with Gasteiger partial charge in [0.2, 0.25) is 0 Å². The van der Waals surface area contributed by atoms with Crippen LogP contribution in [0, 0.1) is 52.8 Å². The average molecular weight is 732 g/mol. The standard InChI is InChI=1S/C41H47NO.2ClH.Zr/c1-40(2,3)38-18-11-15-32(39(38)43)28-42-33-23-19-29(20-24-33)12-9-10-27-41(4,36-25-21-30-13-5-7-16-34(30)36)37-26-22-31-14-6-8-17-35(31)37;;;/h5-8,11,13-20,23-24,28,30-31,34-37,43H,10,21-22,25-27H2,1-4H3;2*1H;/q;;;+2/p-2. The first kappa shape index (κ1) is 35.2. The number of hydrogen-bond donors (Lipinski definition) is 1. The van der Waals surface area contributed by atoms with Crippen molar-refractivity contribution in [3.63, 3.8) is 0 Å². The fraction of sp³-hybridized carbons (Fsp3) is 0.439. The second-order valence-corrected chi connectivity index (χ2v) is 18.3. The number of nitrogens with zero attached hydrogens (tertiary/aromatic N) is 1. The Labute approximate surface area is 295 Å². The second kappa shape index (κ2) is 15.9. The normalized spacial score (nSPS) is 27.3. The predicted octanol–water partition coefficient (Wildman–Crippen LogP) is 11.5. The van der Waals surface area contributed by atoms with E-state index >= 15 is 0 Å². The van der Waals surface area contributed by atoms with E-state index in [0.717, 1.165) is 47.1 Å². The summed E-state index contributed by atoms with van der Waals surface area (Å²) in [7, 11) is 9.87. The quantitative estimate of drug-likeness (QED) is 0.233. The summed E-state index contributed by atoms with van der Waals surface area (Å²) in [6.07, 6.45) is 28.2. The van der Waals surface area contributed by atoms with Crippen molar-refractivity contribution in [3.8, 4) is 17.6 Å². The monoisotopic (exact) mass is 729 g/mol. The molecule has 2 nitrogen and oxygen atoms in total. The molecule has 0 aliphatic heterocycles. The van der Waals surface area contributed by atoms with Crippen molar-refractivity contribution < 1.29 is 26.0 Å². The zero-order chi connectivity index (χ0) is 32.7. The van der Waals surface area contributed by atoms with Gasteiger partial charge < -0.3 is 5.11 Å². The molecule has 0 amide bonds. The number of benzene rings is 2. The molecule has 0 aromatic heterocycles. The van der Waals surface area contributed by atoms with Crippen molar-refractivity contribution in [3.05, 3.63) is 108 Å². The molecular weight excluding hydrogens is 685 g/mol. The molecule has 1 N–H and O–H groups in total. The van der Waals surface area contributed by atoms with Crippen LogP contribution in [0.3, 0.4) is 0 Å². The van der Waals surface area contributed by atoms with Crippen LogP contribution in [0.1, 0.15) is 82.9 Å². The van der Waals surface area contributed by atoms with E-state index in [1.165, 1.54) is 25.7 Å². The summed E-state index contributed by atoms with van der Waals surface area (Å²) in [6, 6.07) is 14.0. The molecule has 6 atom stereocenters. The number of phenolic OH excluding ortho intramolecular Hbond substituents is 1. The Hall–Kier alpha value is -2.11. The number of fused-ring (bicyclic) bond motifs is 2. The van der Waals surface area contributed by atoms with Gasteiger partial charge in [-0.1, -0.05) is 100 Å². The van der Waals surface area contributed by atoms with E-state index in [1.54, 1.807) is 6.21 Å². The number of aliphatic imine (C=N–C) groups is 1. The first-order chi connectivity index (χ1) is 22.2. The molecule has 240 valence electrons. The minimum atomic E-state index is -0.826. The number of hydrogen-bond acceptors (Lipinski definition) is 2. The Kier molecular flexibility index (Phi) is 12.1. The Morgan fingerprint density at radius 1 is 0.826 bits per heavy atom. The summed E-state index contributed by atoms with van der Waals surface area (Å²) in [5.41, 5.74) is 3.71. The zero-order valence-corrected chi connectivity index (χ0v) is 31.6. The summed E-state index contributed by atoms with van der Waals surface area (Å²) >= 11 is -0.826. The molecule has 46 heavy (non-hydrogen) atoms. The fourth-order valence-corrected chi connectivity index (χ4v) is 8.64. The van der Waals surface area contributed by atoms with E-state index in [-0.39, 0.29) is 10.8 Å². The van der Waals surface area contributed by atoms with Crippen molar-refractivity contribution in [2.45, 2.75) is 71.6 Å². The van der Waals surface area contributed by atoms with Gasteiger partial charge in [-0.15, -0.1) is 0 Å². The van der Waals surface area contributed by atoms with E-state index in [1.807, 2.05) is 30.3 Å². The Morgan fingerprint density at radius 3 is 1.96 bits per heavy atom. The third kappa shape index (κ3) is 8.12. The minimum absolute atomic E-state index is 0.126. The van der Waals surface area contributed by atoms with Gasteiger partial charge in [0, 0.05) is 23.8 Å². The molecule has 4 aliphatic carbocycles. The molecular formula is C41H47Cl2NOZr. The van der Waals surface area contributed by atoms with Gasteiger partial charge in [-0.25, -0.2) is 0 Å². The maximum absolute atomic E-state index is 10.8. The number of halogens is 2. The molecule has 2 saturated carbocycles. The van der Waals surface area contributed by atoms with Crippen LogP contribution in [0.2, 0.25) is 0 Å².